The van der Waals surface area contributed by atoms with Crippen LogP contribution in [0.4, 0.5) is 13.2 Å². The Morgan fingerprint density at radius 1 is 1.08 bits per heavy atom. The molecule has 136 valence electrons. The number of halogens is 4. The van der Waals surface area contributed by atoms with Gasteiger partial charge in [0.05, 0.1) is 16.9 Å². The molecule has 0 unspecified atom stereocenters. The molecule has 1 aromatic heterocycles. The van der Waals surface area contributed by atoms with Crippen LogP contribution >= 0.6 is 11.6 Å². The highest BCUT2D eigenvalue weighted by atomic mass is 35.5. The number of aromatic nitrogens is 2. The van der Waals surface area contributed by atoms with Crippen molar-refractivity contribution < 1.29 is 13.2 Å². The number of alkyl halides is 3. The molecule has 3 rings (SSSR count). The summed E-state index contributed by atoms with van der Waals surface area (Å²) in [5, 5.41) is 5.19. The quantitative estimate of drug-likeness (QED) is 0.510. The molecule has 1 atom stereocenters. The molecule has 0 fully saturated rings. The second-order valence-corrected chi connectivity index (χ2v) is 6.73. The van der Waals surface area contributed by atoms with Crippen LogP contribution in [0.15, 0.2) is 60.8 Å². The first-order chi connectivity index (χ1) is 12.3. The second-order valence-electron chi connectivity index (χ2n) is 6.29. The molecule has 0 saturated heterocycles. The fourth-order valence-corrected chi connectivity index (χ4v) is 2.98. The molecule has 3 aromatic rings. The largest absolute Gasteiger partial charge is 0.416 e. The number of hydrogen-bond donors (Lipinski definition) is 0. The number of rotatable bonds is 5. The van der Waals surface area contributed by atoms with E-state index in [1.807, 2.05) is 24.3 Å². The molecule has 1 heterocycles. The van der Waals surface area contributed by atoms with E-state index in [0.29, 0.717) is 11.6 Å². The van der Waals surface area contributed by atoms with E-state index in [1.54, 1.807) is 10.9 Å². The zero-order valence-electron chi connectivity index (χ0n) is 14.2. The van der Waals surface area contributed by atoms with Crippen LogP contribution in [-0.2, 0) is 12.6 Å². The number of hydrogen-bond acceptors (Lipinski definition) is 1. The van der Waals surface area contributed by atoms with Crippen LogP contribution in [0.2, 0.25) is 5.02 Å². The van der Waals surface area contributed by atoms with Gasteiger partial charge in [-0.25, -0.2) is 4.68 Å². The Labute approximate surface area is 155 Å². The van der Waals surface area contributed by atoms with Gasteiger partial charge in [0.1, 0.15) is 0 Å². The fraction of sp³-hybridized carbons (Fsp3) is 0.250. The van der Waals surface area contributed by atoms with Crippen molar-refractivity contribution in [2.75, 3.05) is 0 Å². The topological polar surface area (TPSA) is 17.8 Å². The van der Waals surface area contributed by atoms with Crippen molar-refractivity contribution >= 4 is 11.6 Å². The average molecular weight is 379 g/mol. The van der Waals surface area contributed by atoms with Crippen molar-refractivity contribution in [3.8, 4) is 5.69 Å². The van der Waals surface area contributed by atoms with Gasteiger partial charge in [-0.15, -0.1) is 0 Å². The van der Waals surface area contributed by atoms with E-state index in [-0.39, 0.29) is 0 Å². The van der Waals surface area contributed by atoms with Crippen LogP contribution in [0.1, 0.15) is 36.1 Å². The number of benzene rings is 2. The van der Waals surface area contributed by atoms with Crippen molar-refractivity contribution in [3.63, 3.8) is 0 Å². The smallest absolute Gasteiger partial charge is 0.241 e. The summed E-state index contributed by atoms with van der Waals surface area (Å²) in [5.74, 6) is 0.338. The molecule has 0 amide bonds. The SMILES string of the molecule is C[C@@H](CCc1ccn(-c2ccc(C(F)(F)F)cc2)n1)c1cccc(Cl)c1. The molecule has 6 heteroatoms. The predicted molar refractivity (Wildman–Crippen MR) is 96.8 cm³/mol. The van der Waals surface area contributed by atoms with E-state index >= 15 is 0 Å². The molecule has 0 saturated carbocycles. The van der Waals surface area contributed by atoms with Crippen molar-refractivity contribution in [3.05, 3.63) is 82.6 Å². The van der Waals surface area contributed by atoms with Crippen molar-refractivity contribution in [1.29, 1.82) is 0 Å². The molecular weight excluding hydrogens is 361 g/mol. The van der Waals surface area contributed by atoms with Crippen LogP contribution in [-0.4, -0.2) is 9.78 Å². The fourth-order valence-electron chi connectivity index (χ4n) is 2.79. The standard InChI is InChI=1S/C20H18ClF3N2/c1-14(15-3-2-4-17(21)13-15)5-8-18-11-12-26(25-18)19-9-6-16(7-10-19)20(22,23)24/h2-4,6-7,9-14H,5,8H2,1H3/t14-/m0/s1. The van der Waals surface area contributed by atoms with Gasteiger partial charge in [-0.2, -0.15) is 18.3 Å². The molecule has 0 aliphatic carbocycles. The lowest BCUT2D eigenvalue weighted by Crippen LogP contribution is -2.05. The minimum Gasteiger partial charge on any atom is -0.241 e. The highest BCUT2D eigenvalue weighted by Gasteiger charge is 2.30. The first kappa shape index (κ1) is 18.5. The van der Waals surface area contributed by atoms with Gasteiger partial charge in [-0.3, -0.25) is 0 Å². The summed E-state index contributed by atoms with van der Waals surface area (Å²) >= 11 is 6.03. The molecular formula is C20H18ClF3N2. The second kappa shape index (κ2) is 7.54. The average Bonchev–Trinajstić information content (AvgIpc) is 3.08. The first-order valence-electron chi connectivity index (χ1n) is 8.30. The summed E-state index contributed by atoms with van der Waals surface area (Å²) in [6.45, 7) is 2.14. The van der Waals surface area contributed by atoms with E-state index in [4.69, 9.17) is 11.6 Å². The third-order valence-electron chi connectivity index (χ3n) is 4.35. The van der Waals surface area contributed by atoms with Crippen LogP contribution in [0.3, 0.4) is 0 Å². The van der Waals surface area contributed by atoms with Gasteiger partial charge in [0, 0.05) is 11.2 Å². The third kappa shape index (κ3) is 4.47. The molecule has 26 heavy (non-hydrogen) atoms. The Morgan fingerprint density at radius 3 is 2.46 bits per heavy atom. The summed E-state index contributed by atoms with van der Waals surface area (Å²) in [6, 6.07) is 14.7. The Bertz CT molecular complexity index is 869. The van der Waals surface area contributed by atoms with E-state index in [2.05, 4.69) is 18.1 Å². The summed E-state index contributed by atoms with van der Waals surface area (Å²) in [7, 11) is 0. The first-order valence-corrected chi connectivity index (χ1v) is 8.68. The zero-order valence-corrected chi connectivity index (χ0v) is 14.9. The Kier molecular flexibility index (Phi) is 5.37. The maximum absolute atomic E-state index is 12.6. The van der Waals surface area contributed by atoms with E-state index in [1.165, 1.54) is 17.7 Å². The molecule has 2 aromatic carbocycles. The van der Waals surface area contributed by atoms with Crippen molar-refractivity contribution in [1.82, 2.24) is 9.78 Å². The summed E-state index contributed by atoms with van der Waals surface area (Å²) in [5.41, 5.74) is 2.02. The van der Waals surface area contributed by atoms with E-state index < -0.39 is 11.7 Å². The predicted octanol–water partition coefficient (Wildman–Crippen LogP) is 6.28. The van der Waals surface area contributed by atoms with Gasteiger partial charge in [0.2, 0.25) is 0 Å². The Morgan fingerprint density at radius 2 is 1.81 bits per heavy atom. The maximum atomic E-state index is 12.6. The van der Waals surface area contributed by atoms with E-state index in [0.717, 1.165) is 35.7 Å². The monoisotopic (exact) mass is 378 g/mol. The Balaban J connectivity index is 1.64. The van der Waals surface area contributed by atoms with Gasteiger partial charge in [0.15, 0.2) is 0 Å². The lowest BCUT2D eigenvalue weighted by molar-refractivity contribution is -0.137. The van der Waals surface area contributed by atoms with Crippen LogP contribution in [0.5, 0.6) is 0 Å². The lowest BCUT2D eigenvalue weighted by atomic mass is 9.95. The Hall–Kier alpha value is -2.27. The summed E-state index contributed by atoms with van der Waals surface area (Å²) in [6.07, 6.45) is -0.877. The normalized spacial score (nSPS) is 13.0. The molecule has 0 spiro atoms. The third-order valence-corrected chi connectivity index (χ3v) is 4.59. The van der Waals surface area contributed by atoms with Gasteiger partial charge in [-0.1, -0.05) is 30.7 Å². The van der Waals surface area contributed by atoms with Crippen molar-refractivity contribution in [2.45, 2.75) is 31.9 Å². The lowest BCUT2D eigenvalue weighted by Gasteiger charge is -2.11. The molecule has 0 radical (unpaired) electrons. The van der Waals surface area contributed by atoms with Gasteiger partial charge >= 0.3 is 6.18 Å². The summed E-state index contributed by atoms with van der Waals surface area (Å²) in [4.78, 5) is 0. The number of aryl methyl sites for hydroxylation is 1. The zero-order chi connectivity index (χ0) is 18.7. The molecule has 2 nitrogen and oxygen atoms in total. The van der Waals surface area contributed by atoms with Gasteiger partial charge in [-0.05, 0) is 66.8 Å². The maximum Gasteiger partial charge on any atom is 0.416 e. The summed E-state index contributed by atoms with van der Waals surface area (Å²) < 4.78 is 39.5. The molecule has 0 aliphatic heterocycles. The van der Waals surface area contributed by atoms with Gasteiger partial charge in [0.25, 0.3) is 0 Å². The van der Waals surface area contributed by atoms with E-state index in [9.17, 15) is 13.2 Å². The highest BCUT2D eigenvalue weighted by molar-refractivity contribution is 6.30. The molecule has 0 aliphatic rings. The molecule has 0 bridgehead atoms. The van der Waals surface area contributed by atoms with Crippen LogP contribution < -0.4 is 0 Å². The van der Waals surface area contributed by atoms with Gasteiger partial charge < -0.3 is 0 Å². The minimum atomic E-state index is -4.33. The molecule has 0 N–H and O–H groups in total. The van der Waals surface area contributed by atoms with Crippen molar-refractivity contribution in [2.24, 2.45) is 0 Å². The van der Waals surface area contributed by atoms with Crippen LogP contribution in [0, 0.1) is 0 Å². The highest BCUT2D eigenvalue weighted by Crippen LogP contribution is 2.29. The minimum absolute atomic E-state index is 0.338. The van der Waals surface area contributed by atoms with Crippen LogP contribution in [0.25, 0.3) is 5.69 Å². The number of nitrogens with zero attached hydrogens (tertiary/aromatic N) is 2.